The fourth-order valence-electron chi connectivity index (χ4n) is 3.74. The highest BCUT2D eigenvalue weighted by atomic mass is 16.5. The van der Waals surface area contributed by atoms with Gasteiger partial charge in [-0.1, -0.05) is 36.4 Å². The van der Waals surface area contributed by atoms with Gasteiger partial charge in [-0.15, -0.1) is 0 Å². The lowest BCUT2D eigenvalue weighted by Gasteiger charge is -2.16. The van der Waals surface area contributed by atoms with E-state index in [1.807, 2.05) is 48.5 Å². The number of hydrogen-bond donors (Lipinski definition) is 2. The maximum atomic E-state index is 11.7. The number of methoxy groups -OCH3 is 1. The molecule has 0 aliphatic carbocycles. The SMILES string of the molecule is COc1cccc(CN2C[C@@H](NC(C)=O)[C@H](c3nc(-c4ccccc4)n[nH]3)C2)n1. The molecule has 2 aromatic heterocycles. The van der Waals surface area contributed by atoms with Crippen molar-refractivity contribution >= 4 is 5.91 Å². The number of likely N-dealkylation sites (tertiary alicyclic amines) is 1. The number of hydrogen-bond acceptors (Lipinski definition) is 6. The molecule has 8 heteroatoms. The quantitative estimate of drug-likeness (QED) is 0.666. The fourth-order valence-corrected chi connectivity index (χ4v) is 3.74. The van der Waals surface area contributed by atoms with Crippen LogP contribution < -0.4 is 10.1 Å². The van der Waals surface area contributed by atoms with E-state index in [9.17, 15) is 4.79 Å². The Bertz CT molecular complexity index is 974. The molecule has 0 radical (unpaired) electrons. The van der Waals surface area contributed by atoms with E-state index in [0.29, 0.717) is 24.8 Å². The molecule has 4 rings (SSSR count). The van der Waals surface area contributed by atoms with Gasteiger partial charge in [-0.3, -0.25) is 14.8 Å². The van der Waals surface area contributed by atoms with Gasteiger partial charge in [0.25, 0.3) is 0 Å². The van der Waals surface area contributed by atoms with Crippen molar-refractivity contribution < 1.29 is 9.53 Å². The number of nitrogens with zero attached hydrogens (tertiary/aromatic N) is 4. The molecule has 1 aliphatic rings. The fraction of sp³-hybridized carbons (Fsp3) is 0.333. The second-order valence-corrected chi connectivity index (χ2v) is 7.19. The number of H-pyrrole nitrogens is 1. The summed E-state index contributed by atoms with van der Waals surface area (Å²) in [5.41, 5.74) is 1.88. The second-order valence-electron chi connectivity index (χ2n) is 7.19. The number of carbonyl (C=O) groups is 1. The Labute approximate surface area is 169 Å². The monoisotopic (exact) mass is 392 g/mol. The number of pyridine rings is 1. The van der Waals surface area contributed by atoms with Gasteiger partial charge in [0.15, 0.2) is 5.82 Å². The summed E-state index contributed by atoms with van der Waals surface area (Å²) in [6, 6.07) is 15.5. The van der Waals surface area contributed by atoms with Crippen LogP contribution in [0.15, 0.2) is 48.5 Å². The van der Waals surface area contributed by atoms with Crippen LogP contribution in [0.1, 0.15) is 24.4 Å². The van der Waals surface area contributed by atoms with Gasteiger partial charge in [-0.25, -0.2) is 9.97 Å². The van der Waals surface area contributed by atoms with Gasteiger partial charge in [0, 0.05) is 38.2 Å². The molecule has 0 saturated carbocycles. The van der Waals surface area contributed by atoms with E-state index < -0.39 is 0 Å². The molecular formula is C21H24N6O2. The van der Waals surface area contributed by atoms with Crippen molar-refractivity contribution in [2.45, 2.75) is 25.4 Å². The van der Waals surface area contributed by atoms with Crippen LogP contribution in [-0.4, -0.2) is 57.2 Å². The number of carbonyl (C=O) groups excluding carboxylic acids is 1. The van der Waals surface area contributed by atoms with Crippen LogP contribution in [0.4, 0.5) is 0 Å². The lowest BCUT2D eigenvalue weighted by atomic mass is 10.0. The van der Waals surface area contributed by atoms with Crippen molar-refractivity contribution in [1.82, 2.24) is 30.4 Å². The van der Waals surface area contributed by atoms with Gasteiger partial charge >= 0.3 is 0 Å². The molecule has 0 spiro atoms. The van der Waals surface area contributed by atoms with Crippen LogP contribution in [0.5, 0.6) is 5.88 Å². The molecule has 1 aromatic carbocycles. The molecule has 8 nitrogen and oxygen atoms in total. The lowest BCUT2D eigenvalue weighted by molar-refractivity contribution is -0.119. The van der Waals surface area contributed by atoms with Crippen molar-refractivity contribution in [3.05, 3.63) is 60.0 Å². The summed E-state index contributed by atoms with van der Waals surface area (Å²) in [6.07, 6.45) is 0. The topological polar surface area (TPSA) is 96.0 Å². The Morgan fingerprint density at radius 1 is 1.17 bits per heavy atom. The van der Waals surface area contributed by atoms with Crippen LogP contribution in [0.25, 0.3) is 11.4 Å². The zero-order valence-electron chi connectivity index (χ0n) is 16.5. The van der Waals surface area contributed by atoms with Gasteiger partial charge in [-0.2, -0.15) is 5.10 Å². The summed E-state index contributed by atoms with van der Waals surface area (Å²) < 4.78 is 5.22. The van der Waals surface area contributed by atoms with Crippen LogP contribution in [0, 0.1) is 0 Å². The van der Waals surface area contributed by atoms with Crippen molar-refractivity contribution in [3.63, 3.8) is 0 Å². The molecule has 150 valence electrons. The summed E-state index contributed by atoms with van der Waals surface area (Å²) in [5, 5.41) is 10.5. The molecule has 0 unspecified atom stereocenters. The van der Waals surface area contributed by atoms with Crippen LogP contribution in [-0.2, 0) is 11.3 Å². The zero-order valence-corrected chi connectivity index (χ0v) is 16.5. The van der Waals surface area contributed by atoms with E-state index in [0.717, 1.165) is 23.6 Å². The van der Waals surface area contributed by atoms with E-state index >= 15 is 0 Å². The van der Waals surface area contributed by atoms with E-state index in [-0.39, 0.29) is 17.9 Å². The summed E-state index contributed by atoms with van der Waals surface area (Å²) in [6.45, 7) is 3.67. The molecule has 1 amide bonds. The summed E-state index contributed by atoms with van der Waals surface area (Å²) >= 11 is 0. The first-order valence-corrected chi connectivity index (χ1v) is 9.59. The Morgan fingerprint density at radius 2 is 2.00 bits per heavy atom. The highest BCUT2D eigenvalue weighted by molar-refractivity contribution is 5.73. The first-order chi connectivity index (χ1) is 14.1. The average molecular weight is 392 g/mol. The number of nitrogens with one attached hydrogen (secondary N) is 2. The van der Waals surface area contributed by atoms with Crippen LogP contribution in [0.3, 0.4) is 0 Å². The molecule has 1 saturated heterocycles. The highest BCUT2D eigenvalue weighted by Gasteiger charge is 2.36. The molecule has 2 N–H and O–H groups in total. The smallest absolute Gasteiger partial charge is 0.217 e. The molecule has 1 fully saturated rings. The van der Waals surface area contributed by atoms with E-state index in [4.69, 9.17) is 9.72 Å². The third-order valence-electron chi connectivity index (χ3n) is 5.05. The van der Waals surface area contributed by atoms with Gasteiger partial charge in [0.2, 0.25) is 11.8 Å². The van der Waals surface area contributed by atoms with Crippen molar-refractivity contribution in [2.75, 3.05) is 20.2 Å². The zero-order chi connectivity index (χ0) is 20.2. The predicted molar refractivity (Wildman–Crippen MR) is 108 cm³/mol. The lowest BCUT2D eigenvalue weighted by Crippen LogP contribution is -2.38. The van der Waals surface area contributed by atoms with E-state index in [1.54, 1.807) is 14.0 Å². The minimum atomic E-state index is -0.0517. The summed E-state index contributed by atoms with van der Waals surface area (Å²) in [4.78, 5) is 23.2. The number of aromatic nitrogens is 4. The van der Waals surface area contributed by atoms with Crippen molar-refractivity contribution in [3.8, 4) is 17.3 Å². The standard InChI is InChI=1S/C21H24N6O2/c1-14(28)22-18-13-27(11-16-9-6-10-19(23-16)29-2)12-17(18)21-24-20(25-26-21)15-7-4-3-5-8-15/h3-10,17-18H,11-13H2,1-2H3,(H,22,28)(H,24,25,26)/t17-,18-/m1/s1. The van der Waals surface area contributed by atoms with Gasteiger partial charge in [0.05, 0.1) is 24.8 Å². The maximum absolute atomic E-state index is 11.7. The second kappa shape index (κ2) is 8.40. The molecule has 29 heavy (non-hydrogen) atoms. The largest absolute Gasteiger partial charge is 0.481 e. The highest BCUT2D eigenvalue weighted by Crippen LogP contribution is 2.28. The molecule has 2 atom stereocenters. The first-order valence-electron chi connectivity index (χ1n) is 9.59. The molecule has 3 heterocycles. The Kier molecular flexibility index (Phi) is 5.53. The van der Waals surface area contributed by atoms with E-state index in [2.05, 4.69) is 25.4 Å². The Morgan fingerprint density at radius 3 is 2.76 bits per heavy atom. The maximum Gasteiger partial charge on any atom is 0.217 e. The Hall–Kier alpha value is -3.26. The third-order valence-corrected chi connectivity index (χ3v) is 5.05. The number of rotatable bonds is 6. The number of ether oxygens (including phenoxy) is 1. The van der Waals surface area contributed by atoms with Crippen molar-refractivity contribution in [2.24, 2.45) is 0 Å². The average Bonchev–Trinajstić information content (AvgIpc) is 3.35. The molecular weight excluding hydrogens is 368 g/mol. The number of amides is 1. The van der Waals surface area contributed by atoms with E-state index in [1.165, 1.54) is 0 Å². The minimum absolute atomic E-state index is 0.0227. The normalized spacial score (nSPS) is 19.2. The Balaban J connectivity index is 1.53. The van der Waals surface area contributed by atoms with Gasteiger partial charge < -0.3 is 10.1 Å². The van der Waals surface area contributed by atoms with Gasteiger partial charge in [-0.05, 0) is 6.07 Å². The molecule has 1 aliphatic heterocycles. The molecule has 0 bridgehead atoms. The van der Waals surface area contributed by atoms with Crippen molar-refractivity contribution in [1.29, 1.82) is 0 Å². The third kappa shape index (κ3) is 4.43. The van der Waals surface area contributed by atoms with Crippen LogP contribution >= 0.6 is 0 Å². The number of aromatic amines is 1. The number of benzene rings is 1. The molecule has 3 aromatic rings. The first kappa shape index (κ1) is 19.1. The minimum Gasteiger partial charge on any atom is -0.481 e. The summed E-state index contributed by atoms with van der Waals surface area (Å²) in [7, 11) is 1.61. The van der Waals surface area contributed by atoms with Gasteiger partial charge in [0.1, 0.15) is 5.82 Å². The summed E-state index contributed by atoms with van der Waals surface area (Å²) in [5.74, 6) is 2.01. The predicted octanol–water partition coefficient (Wildman–Crippen LogP) is 1.98. The van der Waals surface area contributed by atoms with Crippen LogP contribution in [0.2, 0.25) is 0 Å².